The highest BCUT2D eigenvalue weighted by Gasteiger charge is 2.29. The Kier molecular flexibility index (Phi) is 10.4. The van der Waals surface area contributed by atoms with E-state index < -0.39 is 6.04 Å². The predicted octanol–water partition coefficient (Wildman–Crippen LogP) is 5.46. The minimum atomic E-state index is -0.526. The third kappa shape index (κ3) is 8.23. The maximum atomic E-state index is 13.2. The largest absolute Gasteiger partial charge is 0.354 e. The Labute approximate surface area is 195 Å². The van der Waals surface area contributed by atoms with Crippen molar-refractivity contribution in [2.45, 2.75) is 52.5 Å². The fourth-order valence-electron chi connectivity index (χ4n) is 3.29. The highest BCUT2D eigenvalue weighted by molar-refractivity contribution is 7.99. The van der Waals surface area contributed by atoms with E-state index in [1.165, 1.54) is 11.1 Å². The zero-order valence-electron chi connectivity index (χ0n) is 18.9. The number of aryl methyl sites for hydroxylation is 1. The van der Waals surface area contributed by atoms with Crippen molar-refractivity contribution in [3.63, 3.8) is 0 Å². The summed E-state index contributed by atoms with van der Waals surface area (Å²) in [5.41, 5.74) is 3.24. The molecule has 2 aromatic rings. The van der Waals surface area contributed by atoms with E-state index in [4.69, 9.17) is 11.6 Å². The topological polar surface area (TPSA) is 49.4 Å². The predicted molar refractivity (Wildman–Crippen MR) is 131 cm³/mol. The molecule has 1 N–H and O–H groups in total. The van der Waals surface area contributed by atoms with Gasteiger partial charge in [0.15, 0.2) is 0 Å². The Bertz CT molecular complexity index is 872. The monoisotopic (exact) mass is 460 g/mol. The Hall–Kier alpha value is -1.98. The molecule has 2 aromatic carbocycles. The van der Waals surface area contributed by atoms with E-state index in [1.807, 2.05) is 37.3 Å². The van der Waals surface area contributed by atoms with Gasteiger partial charge in [-0.05, 0) is 36.5 Å². The molecule has 0 aliphatic carbocycles. The Morgan fingerprint density at radius 1 is 1.13 bits per heavy atom. The third-order valence-corrected chi connectivity index (χ3v) is 6.30. The van der Waals surface area contributed by atoms with Gasteiger partial charge >= 0.3 is 0 Å². The average Bonchev–Trinajstić information content (AvgIpc) is 2.73. The molecule has 2 rings (SSSR count). The molecule has 0 heterocycles. The summed E-state index contributed by atoms with van der Waals surface area (Å²) in [6, 6.07) is 15.2. The highest BCUT2D eigenvalue weighted by Crippen LogP contribution is 2.21. The van der Waals surface area contributed by atoms with Crippen LogP contribution >= 0.6 is 23.4 Å². The molecule has 0 saturated heterocycles. The molecule has 0 aliphatic heterocycles. The van der Waals surface area contributed by atoms with E-state index in [1.54, 1.807) is 16.7 Å². The molecule has 0 spiro atoms. The van der Waals surface area contributed by atoms with E-state index >= 15 is 0 Å². The lowest BCUT2D eigenvalue weighted by molar-refractivity contribution is -0.139. The van der Waals surface area contributed by atoms with Crippen molar-refractivity contribution in [1.29, 1.82) is 0 Å². The van der Waals surface area contributed by atoms with Gasteiger partial charge in [0.05, 0.1) is 5.75 Å². The number of nitrogens with one attached hydrogen (secondary N) is 1. The molecular weight excluding hydrogens is 428 g/mol. The minimum Gasteiger partial charge on any atom is -0.354 e. The van der Waals surface area contributed by atoms with Crippen LogP contribution in [0.4, 0.5) is 0 Å². The Balaban J connectivity index is 2.13. The van der Waals surface area contributed by atoms with Crippen LogP contribution < -0.4 is 5.32 Å². The summed E-state index contributed by atoms with van der Waals surface area (Å²) in [5, 5.41) is 3.59. The lowest BCUT2D eigenvalue weighted by atomic mass is 10.1. The van der Waals surface area contributed by atoms with Gasteiger partial charge in [-0.15, -0.1) is 11.8 Å². The van der Waals surface area contributed by atoms with E-state index in [0.717, 1.165) is 11.3 Å². The second-order valence-corrected chi connectivity index (χ2v) is 9.55. The molecule has 0 unspecified atom stereocenters. The Morgan fingerprint density at radius 2 is 1.87 bits per heavy atom. The lowest BCUT2D eigenvalue weighted by Gasteiger charge is -2.31. The zero-order valence-corrected chi connectivity index (χ0v) is 20.4. The molecule has 0 radical (unpaired) electrons. The molecule has 31 heavy (non-hydrogen) atoms. The number of amides is 2. The number of hydrogen-bond donors (Lipinski definition) is 1. The van der Waals surface area contributed by atoms with Crippen LogP contribution in [0.5, 0.6) is 0 Å². The van der Waals surface area contributed by atoms with Gasteiger partial charge in [0, 0.05) is 23.9 Å². The first-order valence-electron chi connectivity index (χ1n) is 10.8. The maximum Gasteiger partial charge on any atom is 0.242 e. The van der Waals surface area contributed by atoms with Crippen LogP contribution in [-0.4, -0.2) is 35.1 Å². The molecule has 0 aromatic heterocycles. The van der Waals surface area contributed by atoms with E-state index in [-0.39, 0.29) is 11.8 Å². The molecule has 168 valence electrons. The van der Waals surface area contributed by atoms with Gasteiger partial charge in [-0.3, -0.25) is 9.59 Å². The maximum absolute atomic E-state index is 13.2. The summed E-state index contributed by atoms with van der Waals surface area (Å²) in [6.45, 7) is 9.01. The molecule has 4 nitrogen and oxygen atoms in total. The SMILES string of the molecule is CC[C@H](C(=O)NCC(C)C)N(Cc1ccccc1Cl)C(=O)CSCc1cccc(C)c1. The molecule has 2 amide bonds. The van der Waals surface area contributed by atoms with Crippen molar-refractivity contribution in [3.05, 3.63) is 70.2 Å². The number of benzene rings is 2. The molecule has 6 heteroatoms. The standard InChI is InChI=1S/C25H33ClN2O2S/c1-5-23(25(30)27-14-18(2)3)28(15-21-11-6-7-12-22(21)26)24(29)17-31-16-20-10-8-9-19(4)13-20/h6-13,18,23H,5,14-17H2,1-4H3,(H,27,30)/t23-/m1/s1. The third-order valence-electron chi connectivity index (χ3n) is 4.95. The van der Waals surface area contributed by atoms with Crippen LogP contribution in [0.15, 0.2) is 48.5 Å². The van der Waals surface area contributed by atoms with E-state index in [0.29, 0.717) is 36.2 Å². The zero-order chi connectivity index (χ0) is 22.8. The second kappa shape index (κ2) is 12.8. The van der Waals surface area contributed by atoms with Gasteiger partial charge in [-0.2, -0.15) is 0 Å². The number of thioether (sulfide) groups is 1. The summed E-state index contributed by atoms with van der Waals surface area (Å²) in [4.78, 5) is 27.8. The normalized spacial score (nSPS) is 11.9. The number of carbonyl (C=O) groups excluding carboxylic acids is 2. The summed E-state index contributed by atoms with van der Waals surface area (Å²) in [6.07, 6.45) is 0.544. The molecule has 0 fully saturated rings. The first-order chi connectivity index (χ1) is 14.8. The fourth-order valence-corrected chi connectivity index (χ4v) is 4.35. The second-order valence-electron chi connectivity index (χ2n) is 8.16. The average molecular weight is 461 g/mol. The molecule has 0 saturated carbocycles. The number of carbonyl (C=O) groups is 2. The Morgan fingerprint density at radius 3 is 2.52 bits per heavy atom. The number of rotatable bonds is 11. The number of nitrogens with zero attached hydrogens (tertiary/aromatic N) is 1. The van der Waals surface area contributed by atoms with Crippen LogP contribution in [-0.2, 0) is 21.9 Å². The number of halogens is 1. The highest BCUT2D eigenvalue weighted by atomic mass is 35.5. The van der Waals surface area contributed by atoms with Crippen LogP contribution in [0.3, 0.4) is 0 Å². The summed E-state index contributed by atoms with van der Waals surface area (Å²) in [5.74, 6) is 1.25. The van der Waals surface area contributed by atoms with Gasteiger partial charge < -0.3 is 10.2 Å². The van der Waals surface area contributed by atoms with Crippen molar-refractivity contribution in [1.82, 2.24) is 10.2 Å². The number of hydrogen-bond acceptors (Lipinski definition) is 3. The smallest absolute Gasteiger partial charge is 0.242 e. The van der Waals surface area contributed by atoms with Gasteiger partial charge in [0.25, 0.3) is 0 Å². The first-order valence-corrected chi connectivity index (χ1v) is 12.3. The van der Waals surface area contributed by atoms with Crippen LogP contribution in [0.2, 0.25) is 5.02 Å². The van der Waals surface area contributed by atoms with Gasteiger partial charge in [0.1, 0.15) is 6.04 Å². The van der Waals surface area contributed by atoms with Crippen LogP contribution in [0, 0.1) is 12.8 Å². The van der Waals surface area contributed by atoms with Gasteiger partial charge in [-0.1, -0.05) is 80.4 Å². The molecule has 0 bridgehead atoms. The summed E-state index contributed by atoms with van der Waals surface area (Å²) in [7, 11) is 0. The van der Waals surface area contributed by atoms with Gasteiger partial charge in [-0.25, -0.2) is 0 Å². The van der Waals surface area contributed by atoms with Crippen molar-refractivity contribution in [3.8, 4) is 0 Å². The first kappa shape index (κ1) is 25.3. The quantitative estimate of drug-likeness (QED) is 0.484. The molecule has 0 aliphatic rings. The van der Waals surface area contributed by atoms with Crippen molar-refractivity contribution in [2.75, 3.05) is 12.3 Å². The van der Waals surface area contributed by atoms with E-state index in [2.05, 4.69) is 44.3 Å². The fraction of sp³-hybridized carbons (Fsp3) is 0.440. The lowest BCUT2D eigenvalue weighted by Crippen LogP contribution is -2.50. The molecular formula is C25H33ClN2O2S. The van der Waals surface area contributed by atoms with Crippen molar-refractivity contribution < 1.29 is 9.59 Å². The van der Waals surface area contributed by atoms with Crippen molar-refractivity contribution >= 4 is 35.2 Å². The van der Waals surface area contributed by atoms with Crippen LogP contribution in [0.1, 0.15) is 43.9 Å². The summed E-state index contributed by atoms with van der Waals surface area (Å²) >= 11 is 7.93. The molecule has 1 atom stereocenters. The minimum absolute atomic E-state index is 0.0517. The van der Waals surface area contributed by atoms with E-state index in [9.17, 15) is 9.59 Å². The van der Waals surface area contributed by atoms with Crippen LogP contribution in [0.25, 0.3) is 0 Å². The van der Waals surface area contributed by atoms with Crippen molar-refractivity contribution in [2.24, 2.45) is 5.92 Å². The summed E-state index contributed by atoms with van der Waals surface area (Å²) < 4.78 is 0. The van der Waals surface area contributed by atoms with Gasteiger partial charge in [0.2, 0.25) is 11.8 Å².